The Bertz CT molecular complexity index is 603. The lowest BCUT2D eigenvalue weighted by atomic mass is 10.3. The summed E-state index contributed by atoms with van der Waals surface area (Å²) in [5.41, 5.74) is -0.0161. The first-order chi connectivity index (χ1) is 8.72. The Hall–Kier alpha value is -1.27. The highest BCUT2D eigenvalue weighted by atomic mass is 32.1. The number of carbonyl (C=O) groups excluding carboxylic acids is 1. The Kier molecular flexibility index (Phi) is 4.43. The monoisotopic (exact) mass is 282 g/mol. The van der Waals surface area contributed by atoms with Gasteiger partial charge in [-0.15, -0.1) is 0 Å². The number of amides is 1. The molecule has 0 aliphatic carbocycles. The normalized spacial score (nSPS) is 10.7. The van der Waals surface area contributed by atoms with Crippen LogP contribution in [0.1, 0.15) is 6.42 Å². The van der Waals surface area contributed by atoms with Gasteiger partial charge in [-0.2, -0.15) is 12.6 Å². The molecule has 0 fully saturated rings. The predicted octanol–water partition coefficient (Wildman–Crippen LogP) is 1.50. The van der Waals surface area contributed by atoms with Crippen LogP contribution in [0.4, 0.5) is 0 Å². The molecule has 1 aromatic carbocycles. The van der Waals surface area contributed by atoms with Gasteiger partial charge in [0.15, 0.2) is 0 Å². The highest BCUT2D eigenvalue weighted by molar-refractivity contribution is 7.80. The second-order valence-electron chi connectivity index (χ2n) is 3.82. The maximum atomic E-state index is 12.0. The summed E-state index contributed by atoms with van der Waals surface area (Å²) in [6.45, 7) is 0.986. The molecule has 18 heavy (non-hydrogen) atoms. The van der Waals surface area contributed by atoms with Gasteiger partial charge in [0.2, 0.25) is 5.91 Å². The minimum atomic E-state index is -0.0478. The topological polar surface area (TPSA) is 51.1 Å². The lowest BCUT2D eigenvalue weighted by Crippen LogP contribution is -2.27. The van der Waals surface area contributed by atoms with E-state index >= 15 is 0 Å². The van der Waals surface area contributed by atoms with E-state index in [4.69, 9.17) is 0 Å². The third-order valence-corrected chi connectivity index (χ3v) is 3.87. The first-order valence-corrected chi connectivity index (χ1v) is 7.09. The highest BCUT2D eigenvalue weighted by Crippen LogP contribution is 2.15. The summed E-state index contributed by atoms with van der Waals surface area (Å²) >= 11 is 5.41. The molecule has 0 saturated carbocycles. The van der Waals surface area contributed by atoms with Crippen molar-refractivity contribution in [3.8, 4) is 0 Å². The zero-order chi connectivity index (χ0) is 13.0. The van der Waals surface area contributed by atoms with Crippen molar-refractivity contribution < 1.29 is 4.79 Å². The fourth-order valence-corrected chi connectivity index (χ4v) is 2.76. The van der Waals surface area contributed by atoms with Gasteiger partial charge in [-0.05, 0) is 12.1 Å². The quantitative estimate of drug-likeness (QED) is 0.817. The van der Waals surface area contributed by atoms with Gasteiger partial charge in [-0.1, -0.05) is 23.7 Å². The molecule has 0 aliphatic heterocycles. The summed E-state index contributed by atoms with van der Waals surface area (Å²) in [5, 5.41) is 3.45. The molecule has 1 amide bonds. The molecule has 4 nitrogen and oxygen atoms in total. The molecule has 0 bridgehead atoms. The van der Waals surface area contributed by atoms with Crippen molar-refractivity contribution in [2.75, 3.05) is 12.3 Å². The van der Waals surface area contributed by atoms with Crippen molar-refractivity contribution in [1.82, 2.24) is 9.27 Å². The first-order valence-electron chi connectivity index (χ1n) is 5.69. The Morgan fingerprint density at radius 3 is 2.89 bits per heavy atom. The van der Waals surface area contributed by atoms with E-state index < -0.39 is 0 Å². The Morgan fingerprint density at radius 1 is 1.39 bits per heavy atom. The molecule has 1 N–H and O–H groups in total. The number of thiol groups is 1. The smallest absolute Gasteiger partial charge is 0.268 e. The molecule has 0 radical (unpaired) electrons. The summed E-state index contributed by atoms with van der Waals surface area (Å²) in [6, 6.07) is 7.48. The van der Waals surface area contributed by atoms with Crippen molar-refractivity contribution in [3.63, 3.8) is 0 Å². The second-order valence-corrected chi connectivity index (χ2v) is 5.33. The summed E-state index contributed by atoms with van der Waals surface area (Å²) in [7, 11) is 0. The lowest BCUT2D eigenvalue weighted by molar-refractivity contribution is -0.121. The van der Waals surface area contributed by atoms with Gasteiger partial charge in [0, 0.05) is 25.3 Å². The van der Waals surface area contributed by atoms with Crippen LogP contribution in [0.25, 0.3) is 10.1 Å². The Morgan fingerprint density at radius 2 is 2.17 bits per heavy atom. The average molecular weight is 282 g/mol. The number of hydrogen-bond acceptors (Lipinski definition) is 4. The zero-order valence-electron chi connectivity index (χ0n) is 9.76. The van der Waals surface area contributed by atoms with Crippen LogP contribution < -0.4 is 10.9 Å². The van der Waals surface area contributed by atoms with Crippen LogP contribution in [0.2, 0.25) is 0 Å². The van der Waals surface area contributed by atoms with E-state index in [0.29, 0.717) is 25.3 Å². The molecule has 0 atom stereocenters. The second kappa shape index (κ2) is 6.06. The number of nitrogens with one attached hydrogen (secondary N) is 1. The molecule has 0 saturated heterocycles. The van der Waals surface area contributed by atoms with E-state index in [1.807, 2.05) is 24.3 Å². The molecule has 0 unspecified atom stereocenters. The minimum Gasteiger partial charge on any atom is -0.355 e. The van der Waals surface area contributed by atoms with E-state index in [1.165, 1.54) is 11.5 Å². The zero-order valence-corrected chi connectivity index (χ0v) is 11.5. The summed E-state index contributed by atoms with van der Waals surface area (Å²) < 4.78 is 2.59. The van der Waals surface area contributed by atoms with Crippen molar-refractivity contribution in [2.24, 2.45) is 0 Å². The average Bonchev–Trinajstić information content (AvgIpc) is 2.71. The fraction of sp³-hybridized carbons (Fsp3) is 0.333. The maximum absolute atomic E-state index is 12.0. The predicted molar refractivity (Wildman–Crippen MR) is 77.6 cm³/mol. The van der Waals surface area contributed by atoms with Gasteiger partial charge in [0.05, 0.1) is 10.1 Å². The van der Waals surface area contributed by atoms with Gasteiger partial charge in [-0.25, -0.2) is 0 Å². The van der Waals surface area contributed by atoms with E-state index in [1.54, 1.807) is 3.96 Å². The van der Waals surface area contributed by atoms with E-state index in [9.17, 15) is 9.59 Å². The van der Waals surface area contributed by atoms with E-state index in [-0.39, 0.29) is 11.5 Å². The minimum absolute atomic E-state index is 0.0161. The third kappa shape index (κ3) is 2.94. The molecule has 1 aromatic heterocycles. The molecular formula is C12H14N2O2S2. The highest BCUT2D eigenvalue weighted by Gasteiger charge is 2.08. The van der Waals surface area contributed by atoms with Crippen LogP contribution in [0.15, 0.2) is 29.1 Å². The van der Waals surface area contributed by atoms with Gasteiger partial charge < -0.3 is 5.32 Å². The molecule has 2 rings (SSSR count). The number of benzene rings is 1. The van der Waals surface area contributed by atoms with Crippen LogP contribution in [-0.2, 0) is 11.3 Å². The summed E-state index contributed by atoms with van der Waals surface area (Å²) in [6.07, 6.45) is 0.320. The van der Waals surface area contributed by atoms with Crippen LogP contribution in [-0.4, -0.2) is 22.2 Å². The van der Waals surface area contributed by atoms with E-state index in [0.717, 1.165) is 10.1 Å². The Labute approximate surface area is 114 Å². The maximum Gasteiger partial charge on any atom is 0.268 e. The lowest BCUT2D eigenvalue weighted by Gasteiger charge is -2.02. The molecule has 1 heterocycles. The van der Waals surface area contributed by atoms with Crippen molar-refractivity contribution in [1.29, 1.82) is 0 Å². The van der Waals surface area contributed by atoms with Gasteiger partial charge in [-0.3, -0.25) is 13.5 Å². The number of rotatable bonds is 5. The van der Waals surface area contributed by atoms with E-state index in [2.05, 4.69) is 17.9 Å². The molecule has 0 spiro atoms. The fourth-order valence-electron chi connectivity index (χ4n) is 1.65. The largest absolute Gasteiger partial charge is 0.355 e. The number of aryl methyl sites for hydroxylation is 1. The van der Waals surface area contributed by atoms with Crippen molar-refractivity contribution >= 4 is 40.2 Å². The van der Waals surface area contributed by atoms with Crippen molar-refractivity contribution in [3.05, 3.63) is 34.6 Å². The van der Waals surface area contributed by atoms with Gasteiger partial charge in [0.1, 0.15) is 0 Å². The number of aromatic nitrogens is 1. The number of nitrogens with zero attached hydrogens (tertiary/aromatic N) is 1. The summed E-state index contributed by atoms with van der Waals surface area (Å²) in [4.78, 5) is 23.4. The molecule has 2 aromatic rings. The van der Waals surface area contributed by atoms with Gasteiger partial charge >= 0.3 is 0 Å². The molecule has 6 heteroatoms. The SMILES string of the molecule is O=C(CCn1sc2ccccc2c1=O)NCCS. The summed E-state index contributed by atoms with van der Waals surface area (Å²) in [5.74, 6) is 0.572. The third-order valence-electron chi connectivity index (χ3n) is 2.53. The van der Waals surface area contributed by atoms with Crippen LogP contribution in [0.3, 0.4) is 0 Å². The number of fused-ring (bicyclic) bond motifs is 1. The van der Waals surface area contributed by atoms with Crippen molar-refractivity contribution in [2.45, 2.75) is 13.0 Å². The molecule has 0 aliphatic rings. The molecule has 96 valence electrons. The molecular weight excluding hydrogens is 268 g/mol. The van der Waals surface area contributed by atoms with Crippen LogP contribution in [0.5, 0.6) is 0 Å². The number of hydrogen-bond donors (Lipinski definition) is 2. The Balaban J connectivity index is 2.06. The standard InChI is InChI=1S/C12H14N2O2S2/c15-11(13-6-8-17)5-7-14-12(16)9-3-1-2-4-10(9)18-14/h1-4,17H,5-8H2,(H,13,15). The van der Waals surface area contributed by atoms with Gasteiger partial charge in [0.25, 0.3) is 5.56 Å². The van der Waals surface area contributed by atoms with Crippen LogP contribution in [0, 0.1) is 0 Å². The first kappa shape index (κ1) is 13.2. The van der Waals surface area contributed by atoms with Crippen LogP contribution >= 0.6 is 24.2 Å². The number of carbonyl (C=O) groups is 1.